The van der Waals surface area contributed by atoms with E-state index in [2.05, 4.69) is 44.7 Å². The van der Waals surface area contributed by atoms with Crippen molar-refractivity contribution < 1.29 is 0 Å². The number of benzene rings is 1. The van der Waals surface area contributed by atoms with Crippen LogP contribution >= 0.6 is 0 Å². The summed E-state index contributed by atoms with van der Waals surface area (Å²) in [5, 5.41) is 0. The van der Waals surface area contributed by atoms with Gasteiger partial charge in [0.25, 0.3) is 0 Å². The smallest absolute Gasteiger partial charge is 0.0551 e. The van der Waals surface area contributed by atoms with Crippen LogP contribution in [0.5, 0.6) is 0 Å². The fraction of sp³-hybridized carbons (Fsp3) is 0.385. The standard InChI is InChI=1S/C13H17N/c1-10-8-11(2)13(12(3)9-10)6-4-5-7-14/h8-9H,6-7,14H2,1-3H3. The molecule has 0 radical (unpaired) electrons. The molecule has 0 unspecified atom stereocenters. The monoisotopic (exact) mass is 187 g/mol. The predicted octanol–water partition coefficient (Wildman–Crippen LogP) is 2.12. The SMILES string of the molecule is Cc1cc(C)c(CC#CCN)c(C)c1. The maximum absolute atomic E-state index is 5.32. The molecule has 1 aromatic carbocycles. The second-order valence-corrected chi connectivity index (χ2v) is 3.61. The van der Waals surface area contributed by atoms with Crippen molar-refractivity contribution in [2.75, 3.05) is 6.54 Å². The Hall–Kier alpha value is -1.26. The van der Waals surface area contributed by atoms with Crippen molar-refractivity contribution in [3.63, 3.8) is 0 Å². The molecule has 0 fully saturated rings. The second-order valence-electron chi connectivity index (χ2n) is 3.61. The molecule has 0 bridgehead atoms. The number of rotatable bonds is 1. The van der Waals surface area contributed by atoms with Crippen molar-refractivity contribution in [2.24, 2.45) is 5.73 Å². The molecule has 0 atom stereocenters. The van der Waals surface area contributed by atoms with Gasteiger partial charge < -0.3 is 5.73 Å². The Kier molecular flexibility index (Phi) is 3.73. The molecule has 1 rings (SSSR count). The first kappa shape index (κ1) is 10.8. The van der Waals surface area contributed by atoms with Gasteiger partial charge in [-0.1, -0.05) is 29.5 Å². The number of nitrogens with two attached hydrogens (primary N) is 1. The lowest BCUT2D eigenvalue weighted by molar-refractivity contribution is 1.17. The Bertz CT molecular complexity index is 357. The summed E-state index contributed by atoms with van der Waals surface area (Å²) in [7, 11) is 0. The first-order valence-corrected chi connectivity index (χ1v) is 4.87. The van der Waals surface area contributed by atoms with E-state index in [0.29, 0.717) is 6.54 Å². The van der Waals surface area contributed by atoms with Crippen LogP contribution < -0.4 is 5.73 Å². The van der Waals surface area contributed by atoms with Gasteiger partial charge >= 0.3 is 0 Å². The average molecular weight is 187 g/mol. The third kappa shape index (κ3) is 2.61. The van der Waals surface area contributed by atoms with E-state index in [0.717, 1.165) is 6.42 Å². The molecule has 0 aliphatic heterocycles. The molecular weight excluding hydrogens is 170 g/mol. The van der Waals surface area contributed by atoms with E-state index in [9.17, 15) is 0 Å². The van der Waals surface area contributed by atoms with Crippen LogP contribution in [-0.4, -0.2) is 6.54 Å². The highest BCUT2D eigenvalue weighted by Gasteiger charge is 2.01. The van der Waals surface area contributed by atoms with Crippen LogP contribution in [0.4, 0.5) is 0 Å². The van der Waals surface area contributed by atoms with E-state index in [1.54, 1.807) is 0 Å². The number of aryl methyl sites for hydroxylation is 3. The van der Waals surface area contributed by atoms with Gasteiger partial charge in [0.1, 0.15) is 0 Å². The highest BCUT2D eigenvalue weighted by molar-refractivity contribution is 5.39. The van der Waals surface area contributed by atoms with Crippen LogP contribution in [0.1, 0.15) is 22.3 Å². The second kappa shape index (κ2) is 4.83. The normalized spacial score (nSPS) is 9.43. The minimum Gasteiger partial charge on any atom is -0.320 e. The lowest BCUT2D eigenvalue weighted by Gasteiger charge is -2.07. The van der Waals surface area contributed by atoms with E-state index >= 15 is 0 Å². The molecule has 1 aromatic rings. The van der Waals surface area contributed by atoms with Crippen molar-refractivity contribution in [2.45, 2.75) is 27.2 Å². The van der Waals surface area contributed by atoms with Crippen LogP contribution in [0, 0.1) is 32.6 Å². The summed E-state index contributed by atoms with van der Waals surface area (Å²) in [5.74, 6) is 5.97. The molecular formula is C13H17N. The van der Waals surface area contributed by atoms with Gasteiger partial charge in [-0.25, -0.2) is 0 Å². The average Bonchev–Trinajstić information content (AvgIpc) is 2.09. The van der Waals surface area contributed by atoms with Gasteiger partial charge in [0.2, 0.25) is 0 Å². The Labute approximate surface area is 86.3 Å². The van der Waals surface area contributed by atoms with E-state index in [4.69, 9.17) is 5.73 Å². The highest BCUT2D eigenvalue weighted by atomic mass is 14.5. The van der Waals surface area contributed by atoms with Crippen molar-refractivity contribution >= 4 is 0 Å². The van der Waals surface area contributed by atoms with Crippen LogP contribution in [-0.2, 0) is 6.42 Å². The summed E-state index contributed by atoms with van der Waals surface area (Å²) in [6.07, 6.45) is 0.815. The van der Waals surface area contributed by atoms with Crippen LogP contribution in [0.2, 0.25) is 0 Å². The number of hydrogen-bond donors (Lipinski definition) is 1. The molecule has 0 heterocycles. The molecule has 74 valence electrons. The van der Waals surface area contributed by atoms with E-state index in [1.807, 2.05) is 0 Å². The Morgan fingerprint density at radius 3 is 2.14 bits per heavy atom. The molecule has 0 aliphatic carbocycles. The zero-order valence-electron chi connectivity index (χ0n) is 9.15. The van der Waals surface area contributed by atoms with Gasteiger partial charge in [-0.15, -0.1) is 0 Å². The molecule has 1 heteroatoms. The Balaban J connectivity index is 2.97. The zero-order valence-corrected chi connectivity index (χ0v) is 9.15. The van der Waals surface area contributed by atoms with Crippen LogP contribution in [0.3, 0.4) is 0 Å². The first-order chi connectivity index (χ1) is 6.65. The highest BCUT2D eigenvalue weighted by Crippen LogP contribution is 2.16. The molecule has 0 saturated heterocycles. The summed E-state index contributed by atoms with van der Waals surface area (Å²) < 4.78 is 0. The molecule has 2 N–H and O–H groups in total. The number of hydrogen-bond acceptors (Lipinski definition) is 1. The summed E-state index contributed by atoms with van der Waals surface area (Å²) >= 11 is 0. The van der Waals surface area contributed by atoms with Crippen molar-refractivity contribution in [3.8, 4) is 11.8 Å². The van der Waals surface area contributed by atoms with Crippen LogP contribution in [0.15, 0.2) is 12.1 Å². The molecule has 0 spiro atoms. The van der Waals surface area contributed by atoms with E-state index < -0.39 is 0 Å². The largest absolute Gasteiger partial charge is 0.320 e. The maximum atomic E-state index is 5.32. The minimum atomic E-state index is 0.448. The van der Waals surface area contributed by atoms with Gasteiger partial charge in [0.15, 0.2) is 0 Å². The zero-order chi connectivity index (χ0) is 10.6. The summed E-state index contributed by atoms with van der Waals surface area (Å²) in [6.45, 7) is 6.85. The topological polar surface area (TPSA) is 26.0 Å². The van der Waals surface area contributed by atoms with E-state index in [1.165, 1.54) is 22.3 Å². The van der Waals surface area contributed by atoms with Crippen molar-refractivity contribution in [1.82, 2.24) is 0 Å². The van der Waals surface area contributed by atoms with Gasteiger partial charge in [-0.3, -0.25) is 0 Å². The molecule has 0 aromatic heterocycles. The van der Waals surface area contributed by atoms with Crippen LogP contribution in [0.25, 0.3) is 0 Å². The lowest BCUT2D eigenvalue weighted by Crippen LogP contribution is -1.96. The Morgan fingerprint density at radius 1 is 1.07 bits per heavy atom. The minimum absolute atomic E-state index is 0.448. The van der Waals surface area contributed by atoms with Gasteiger partial charge in [0, 0.05) is 6.42 Å². The fourth-order valence-corrected chi connectivity index (χ4v) is 1.71. The Morgan fingerprint density at radius 2 is 1.64 bits per heavy atom. The third-order valence-corrected chi connectivity index (χ3v) is 2.33. The molecule has 0 aliphatic rings. The molecule has 0 saturated carbocycles. The van der Waals surface area contributed by atoms with Crippen molar-refractivity contribution in [3.05, 3.63) is 34.4 Å². The fourth-order valence-electron chi connectivity index (χ4n) is 1.71. The summed E-state index contributed by atoms with van der Waals surface area (Å²) in [5.41, 5.74) is 10.6. The first-order valence-electron chi connectivity index (χ1n) is 4.87. The van der Waals surface area contributed by atoms with Crippen molar-refractivity contribution in [1.29, 1.82) is 0 Å². The van der Waals surface area contributed by atoms with Gasteiger partial charge in [-0.05, 0) is 37.5 Å². The molecule has 14 heavy (non-hydrogen) atoms. The van der Waals surface area contributed by atoms with E-state index in [-0.39, 0.29) is 0 Å². The molecule has 0 amide bonds. The third-order valence-electron chi connectivity index (χ3n) is 2.33. The maximum Gasteiger partial charge on any atom is 0.0551 e. The quantitative estimate of drug-likeness (QED) is 0.670. The predicted molar refractivity (Wildman–Crippen MR) is 61.2 cm³/mol. The van der Waals surface area contributed by atoms with Gasteiger partial charge in [0.05, 0.1) is 6.54 Å². The lowest BCUT2D eigenvalue weighted by atomic mass is 9.98. The summed E-state index contributed by atoms with van der Waals surface area (Å²) in [6, 6.07) is 4.40. The molecule has 1 nitrogen and oxygen atoms in total. The van der Waals surface area contributed by atoms with Gasteiger partial charge in [-0.2, -0.15) is 0 Å². The summed E-state index contributed by atoms with van der Waals surface area (Å²) in [4.78, 5) is 0.